The lowest BCUT2D eigenvalue weighted by atomic mass is 10.2. The van der Waals surface area contributed by atoms with Crippen LogP contribution in [0.3, 0.4) is 0 Å². The Balaban J connectivity index is 2.03. The van der Waals surface area contributed by atoms with Gasteiger partial charge in [0.25, 0.3) is 0 Å². The van der Waals surface area contributed by atoms with Crippen LogP contribution in [0, 0.1) is 0 Å². The van der Waals surface area contributed by atoms with Crippen LogP contribution in [-0.4, -0.2) is 0 Å². The Morgan fingerprint density at radius 1 is 1.06 bits per heavy atom. The van der Waals surface area contributed by atoms with Gasteiger partial charge in [0.05, 0.1) is 0 Å². The summed E-state index contributed by atoms with van der Waals surface area (Å²) in [4.78, 5) is 0. The van der Waals surface area contributed by atoms with Crippen molar-refractivity contribution in [3.63, 3.8) is 0 Å². The Morgan fingerprint density at radius 3 is 2.50 bits per heavy atom. The molecular formula is C13H13BrN2. The van der Waals surface area contributed by atoms with Crippen molar-refractivity contribution in [2.24, 2.45) is 0 Å². The van der Waals surface area contributed by atoms with E-state index >= 15 is 0 Å². The highest BCUT2D eigenvalue weighted by Crippen LogP contribution is 2.20. The number of para-hydroxylation sites is 1. The van der Waals surface area contributed by atoms with Crippen molar-refractivity contribution in [2.45, 2.75) is 6.54 Å². The van der Waals surface area contributed by atoms with Crippen molar-refractivity contribution in [3.8, 4) is 0 Å². The van der Waals surface area contributed by atoms with Crippen molar-refractivity contribution >= 4 is 27.3 Å². The standard InChI is InChI=1S/C13H13BrN2/c14-12-8-10(6-7-13(12)15)9-16-11-4-2-1-3-5-11/h1-8,16H,9,15H2. The number of nitrogens with two attached hydrogens (primary N) is 1. The van der Waals surface area contributed by atoms with Gasteiger partial charge >= 0.3 is 0 Å². The third kappa shape index (κ3) is 2.76. The number of hydrogen-bond acceptors (Lipinski definition) is 2. The smallest absolute Gasteiger partial charge is 0.0458 e. The molecule has 2 rings (SSSR count). The maximum absolute atomic E-state index is 5.73. The van der Waals surface area contributed by atoms with Crippen LogP contribution < -0.4 is 11.1 Å². The molecule has 0 saturated carbocycles. The first-order valence-electron chi connectivity index (χ1n) is 5.08. The topological polar surface area (TPSA) is 38.0 Å². The van der Waals surface area contributed by atoms with Gasteiger partial charge in [0, 0.05) is 22.4 Å². The molecule has 0 bridgehead atoms. The third-order valence-corrected chi connectivity index (χ3v) is 3.02. The summed E-state index contributed by atoms with van der Waals surface area (Å²) in [5.41, 5.74) is 8.82. The quantitative estimate of drug-likeness (QED) is 0.840. The molecule has 2 aromatic rings. The number of nitrogens with one attached hydrogen (secondary N) is 1. The Morgan fingerprint density at radius 2 is 1.81 bits per heavy atom. The van der Waals surface area contributed by atoms with Crippen molar-refractivity contribution in [1.29, 1.82) is 0 Å². The molecule has 0 spiro atoms. The maximum atomic E-state index is 5.73. The summed E-state index contributed by atoms with van der Waals surface area (Å²) < 4.78 is 0.944. The van der Waals surface area contributed by atoms with E-state index in [1.54, 1.807) is 0 Å². The minimum atomic E-state index is 0.767. The number of rotatable bonds is 3. The lowest BCUT2D eigenvalue weighted by Gasteiger charge is -2.07. The van der Waals surface area contributed by atoms with Crippen LogP contribution in [0.4, 0.5) is 11.4 Å². The molecule has 0 fully saturated rings. The van der Waals surface area contributed by atoms with Crippen LogP contribution in [0.25, 0.3) is 0 Å². The van der Waals surface area contributed by atoms with E-state index in [1.807, 2.05) is 48.5 Å². The number of benzene rings is 2. The zero-order valence-corrected chi connectivity index (χ0v) is 10.4. The third-order valence-electron chi connectivity index (χ3n) is 2.34. The molecule has 2 aromatic carbocycles. The van der Waals surface area contributed by atoms with Gasteiger partial charge in [-0.1, -0.05) is 24.3 Å². The summed E-state index contributed by atoms with van der Waals surface area (Å²) in [6.07, 6.45) is 0. The molecule has 0 saturated heterocycles. The van der Waals surface area contributed by atoms with E-state index in [-0.39, 0.29) is 0 Å². The SMILES string of the molecule is Nc1ccc(CNc2ccccc2)cc1Br. The molecule has 0 atom stereocenters. The van der Waals surface area contributed by atoms with Gasteiger partial charge in [0.15, 0.2) is 0 Å². The molecule has 3 heteroatoms. The monoisotopic (exact) mass is 276 g/mol. The van der Waals surface area contributed by atoms with Gasteiger partial charge in [0.2, 0.25) is 0 Å². The fourth-order valence-electron chi connectivity index (χ4n) is 1.44. The first-order chi connectivity index (χ1) is 7.75. The van der Waals surface area contributed by atoms with Crippen LogP contribution in [0.2, 0.25) is 0 Å². The number of hydrogen-bond donors (Lipinski definition) is 2. The summed E-state index contributed by atoms with van der Waals surface area (Å²) in [5, 5.41) is 3.35. The summed E-state index contributed by atoms with van der Waals surface area (Å²) in [6.45, 7) is 0.795. The fourth-order valence-corrected chi connectivity index (χ4v) is 1.87. The molecule has 82 valence electrons. The van der Waals surface area contributed by atoms with E-state index in [4.69, 9.17) is 5.73 Å². The minimum Gasteiger partial charge on any atom is -0.398 e. The second kappa shape index (κ2) is 5.03. The van der Waals surface area contributed by atoms with E-state index in [0.717, 1.165) is 22.4 Å². The first-order valence-corrected chi connectivity index (χ1v) is 5.88. The van der Waals surface area contributed by atoms with Gasteiger partial charge in [-0.25, -0.2) is 0 Å². The molecule has 0 aromatic heterocycles. The van der Waals surface area contributed by atoms with Crippen molar-refractivity contribution in [2.75, 3.05) is 11.1 Å². The molecule has 0 heterocycles. The van der Waals surface area contributed by atoms with E-state index in [0.29, 0.717) is 0 Å². The lowest BCUT2D eigenvalue weighted by molar-refractivity contribution is 1.15. The first kappa shape index (κ1) is 11.0. The normalized spacial score (nSPS) is 10.1. The second-order valence-electron chi connectivity index (χ2n) is 3.58. The van der Waals surface area contributed by atoms with Crippen LogP contribution in [0.5, 0.6) is 0 Å². The molecule has 0 amide bonds. The van der Waals surface area contributed by atoms with Crippen molar-refractivity contribution in [1.82, 2.24) is 0 Å². The van der Waals surface area contributed by atoms with E-state index < -0.39 is 0 Å². The Hall–Kier alpha value is -1.48. The van der Waals surface area contributed by atoms with Crippen molar-refractivity contribution < 1.29 is 0 Å². The second-order valence-corrected chi connectivity index (χ2v) is 4.43. The predicted octanol–water partition coefficient (Wildman–Crippen LogP) is 3.64. The average molecular weight is 277 g/mol. The van der Waals surface area contributed by atoms with E-state index in [2.05, 4.69) is 21.2 Å². The number of nitrogen functional groups attached to an aromatic ring is 1. The predicted molar refractivity (Wildman–Crippen MR) is 72.3 cm³/mol. The van der Waals surface area contributed by atoms with Crippen LogP contribution in [-0.2, 0) is 6.54 Å². The Bertz CT molecular complexity index is 469. The highest BCUT2D eigenvalue weighted by Gasteiger charge is 1.98. The zero-order valence-electron chi connectivity index (χ0n) is 8.78. The maximum Gasteiger partial charge on any atom is 0.0458 e. The molecule has 0 unspecified atom stereocenters. The summed E-state index contributed by atoms with van der Waals surface area (Å²) in [5.74, 6) is 0. The largest absolute Gasteiger partial charge is 0.398 e. The fraction of sp³-hybridized carbons (Fsp3) is 0.0769. The molecule has 0 radical (unpaired) electrons. The molecule has 0 aliphatic heterocycles. The van der Waals surface area contributed by atoms with Gasteiger partial charge in [-0.2, -0.15) is 0 Å². The minimum absolute atomic E-state index is 0.767. The summed E-state index contributed by atoms with van der Waals surface area (Å²) in [6, 6.07) is 16.1. The van der Waals surface area contributed by atoms with Crippen molar-refractivity contribution in [3.05, 3.63) is 58.6 Å². The number of anilines is 2. The summed E-state index contributed by atoms with van der Waals surface area (Å²) >= 11 is 3.42. The average Bonchev–Trinajstić information content (AvgIpc) is 2.32. The highest BCUT2D eigenvalue weighted by atomic mass is 79.9. The van der Waals surface area contributed by atoms with Crippen LogP contribution in [0.1, 0.15) is 5.56 Å². The van der Waals surface area contributed by atoms with Gasteiger partial charge in [-0.3, -0.25) is 0 Å². The Kier molecular flexibility index (Phi) is 3.47. The van der Waals surface area contributed by atoms with Gasteiger partial charge < -0.3 is 11.1 Å². The van der Waals surface area contributed by atoms with Crippen LogP contribution >= 0.6 is 15.9 Å². The molecular weight excluding hydrogens is 264 g/mol. The summed E-state index contributed by atoms with van der Waals surface area (Å²) in [7, 11) is 0. The van der Waals surface area contributed by atoms with Gasteiger partial charge in [0.1, 0.15) is 0 Å². The molecule has 3 N–H and O–H groups in total. The molecule has 0 aliphatic carbocycles. The van der Waals surface area contributed by atoms with Crippen LogP contribution in [0.15, 0.2) is 53.0 Å². The lowest BCUT2D eigenvalue weighted by Crippen LogP contribution is -1.99. The van der Waals surface area contributed by atoms with Gasteiger partial charge in [-0.15, -0.1) is 0 Å². The van der Waals surface area contributed by atoms with E-state index in [1.165, 1.54) is 5.56 Å². The van der Waals surface area contributed by atoms with E-state index in [9.17, 15) is 0 Å². The zero-order chi connectivity index (χ0) is 11.4. The molecule has 0 aliphatic rings. The highest BCUT2D eigenvalue weighted by molar-refractivity contribution is 9.10. The molecule has 16 heavy (non-hydrogen) atoms. The molecule has 2 nitrogen and oxygen atoms in total. The van der Waals surface area contributed by atoms with Gasteiger partial charge in [-0.05, 0) is 45.8 Å². The number of halogens is 1. The Labute approximate surface area is 104 Å².